The van der Waals surface area contributed by atoms with E-state index in [1.54, 1.807) is 0 Å². The van der Waals surface area contributed by atoms with Gasteiger partial charge in [-0.15, -0.1) is 0 Å². The van der Waals surface area contributed by atoms with E-state index in [2.05, 4.69) is 37.9 Å². The molecule has 1 N–H and O–H groups in total. The van der Waals surface area contributed by atoms with Crippen molar-refractivity contribution in [2.24, 2.45) is 17.8 Å². The fraction of sp³-hybridized carbons (Fsp3) is 1.00. The normalized spacial score (nSPS) is 30.6. The largest absolute Gasteiger partial charge is 0.311 e. The summed E-state index contributed by atoms with van der Waals surface area (Å²) >= 11 is 0. The van der Waals surface area contributed by atoms with Gasteiger partial charge < -0.3 is 5.32 Å². The molecule has 0 spiro atoms. The minimum atomic E-state index is 0.719. The van der Waals surface area contributed by atoms with Crippen LogP contribution in [0.15, 0.2) is 0 Å². The SMILES string of the molecule is CC(C)CC1CN(CC2CCCC2)C(C(C)C)CN1. The van der Waals surface area contributed by atoms with Crippen molar-refractivity contribution < 1.29 is 0 Å². The number of nitrogens with one attached hydrogen (secondary N) is 1. The fourth-order valence-corrected chi connectivity index (χ4v) is 4.02. The molecule has 0 aromatic heterocycles. The highest BCUT2D eigenvalue weighted by Gasteiger charge is 2.31. The minimum Gasteiger partial charge on any atom is -0.311 e. The first kappa shape index (κ1) is 15.3. The number of nitrogens with zero attached hydrogens (tertiary/aromatic N) is 1. The van der Waals surface area contributed by atoms with E-state index in [1.807, 2.05) is 0 Å². The molecule has 0 aromatic carbocycles. The van der Waals surface area contributed by atoms with Crippen molar-refractivity contribution in [2.45, 2.75) is 71.9 Å². The first-order chi connectivity index (χ1) is 9.06. The number of piperazine rings is 1. The summed E-state index contributed by atoms with van der Waals surface area (Å²) in [4.78, 5) is 2.82. The van der Waals surface area contributed by atoms with Gasteiger partial charge in [0.2, 0.25) is 0 Å². The summed E-state index contributed by atoms with van der Waals surface area (Å²) in [6.45, 7) is 13.3. The van der Waals surface area contributed by atoms with Crippen molar-refractivity contribution in [3.8, 4) is 0 Å². The lowest BCUT2D eigenvalue weighted by molar-refractivity contribution is 0.0769. The van der Waals surface area contributed by atoms with Crippen LogP contribution in [0.25, 0.3) is 0 Å². The minimum absolute atomic E-state index is 0.719. The van der Waals surface area contributed by atoms with Crippen molar-refractivity contribution >= 4 is 0 Å². The standard InChI is InChI=1S/C17H34N2/c1-13(2)9-16-12-19(11-15-7-5-6-8-15)17(10-18-16)14(3)4/h13-18H,5-12H2,1-4H3. The average Bonchev–Trinajstić information content (AvgIpc) is 2.80. The Kier molecular flexibility index (Phi) is 5.70. The second kappa shape index (κ2) is 7.08. The molecule has 1 aliphatic heterocycles. The highest BCUT2D eigenvalue weighted by molar-refractivity contribution is 4.89. The molecule has 1 saturated heterocycles. The van der Waals surface area contributed by atoms with Crippen LogP contribution in [0.1, 0.15) is 59.8 Å². The Balaban J connectivity index is 1.91. The first-order valence-corrected chi connectivity index (χ1v) is 8.53. The number of hydrogen-bond donors (Lipinski definition) is 1. The van der Waals surface area contributed by atoms with Gasteiger partial charge in [0.05, 0.1) is 0 Å². The maximum Gasteiger partial charge on any atom is 0.0244 e. The van der Waals surface area contributed by atoms with Gasteiger partial charge in [0.15, 0.2) is 0 Å². The van der Waals surface area contributed by atoms with Gasteiger partial charge in [-0.2, -0.15) is 0 Å². The van der Waals surface area contributed by atoms with Crippen LogP contribution < -0.4 is 5.32 Å². The maximum absolute atomic E-state index is 3.80. The van der Waals surface area contributed by atoms with E-state index in [0.717, 1.165) is 29.8 Å². The Morgan fingerprint density at radius 2 is 1.79 bits per heavy atom. The molecule has 0 bridgehead atoms. The zero-order chi connectivity index (χ0) is 13.8. The van der Waals surface area contributed by atoms with Gasteiger partial charge in [0, 0.05) is 31.7 Å². The molecule has 0 amide bonds. The van der Waals surface area contributed by atoms with Crippen molar-refractivity contribution in [1.29, 1.82) is 0 Å². The second-order valence-electron chi connectivity index (χ2n) is 7.65. The van der Waals surface area contributed by atoms with Gasteiger partial charge in [-0.25, -0.2) is 0 Å². The monoisotopic (exact) mass is 266 g/mol. The summed E-state index contributed by atoms with van der Waals surface area (Å²) in [7, 11) is 0. The lowest BCUT2D eigenvalue weighted by atomic mass is 9.93. The average molecular weight is 266 g/mol. The third-order valence-electron chi connectivity index (χ3n) is 5.03. The van der Waals surface area contributed by atoms with Gasteiger partial charge in [-0.1, -0.05) is 40.5 Å². The molecule has 2 nitrogen and oxygen atoms in total. The summed E-state index contributed by atoms with van der Waals surface area (Å²) in [6, 6.07) is 1.47. The Morgan fingerprint density at radius 3 is 2.37 bits per heavy atom. The summed E-state index contributed by atoms with van der Waals surface area (Å²) in [5.74, 6) is 2.56. The lowest BCUT2D eigenvalue weighted by Crippen LogP contribution is -2.59. The van der Waals surface area contributed by atoms with Gasteiger partial charge in [0.1, 0.15) is 0 Å². The van der Waals surface area contributed by atoms with E-state index >= 15 is 0 Å². The molecule has 19 heavy (non-hydrogen) atoms. The molecule has 1 saturated carbocycles. The molecule has 0 radical (unpaired) electrons. The lowest BCUT2D eigenvalue weighted by Gasteiger charge is -2.44. The van der Waals surface area contributed by atoms with Crippen molar-refractivity contribution in [2.75, 3.05) is 19.6 Å². The van der Waals surface area contributed by atoms with Crippen LogP contribution in [0, 0.1) is 17.8 Å². The Morgan fingerprint density at radius 1 is 1.11 bits per heavy atom. The topological polar surface area (TPSA) is 15.3 Å². The van der Waals surface area contributed by atoms with Crippen LogP contribution >= 0.6 is 0 Å². The van der Waals surface area contributed by atoms with E-state index in [4.69, 9.17) is 0 Å². The predicted octanol–water partition coefficient (Wildman–Crippen LogP) is 3.52. The van der Waals surface area contributed by atoms with Gasteiger partial charge in [0.25, 0.3) is 0 Å². The third-order valence-corrected chi connectivity index (χ3v) is 5.03. The van der Waals surface area contributed by atoms with Crippen molar-refractivity contribution in [3.05, 3.63) is 0 Å². The molecule has 1 aliphatic carbocycles. The highest BCUT2D eigenvalue weighted by atomic mass is 15.2. The molecule has 2 atom stereocenters. The Labute approximate surface area is 120 Å². The van der Waals surface area contributed by atoms with Gasteiger partial charge in [-0.3, -0.25) is 4.90 Å². The van der Waals surface area contributed by atoms with Crippen LogP contribution in [0.3, 0.4) is 0 Å². The van der Waals surface area contributed by atoms with E-state index in [-0.39, 0.29) is 0 Å². The Hall–Kier alpha value is -0.0800. The summed E-state index contributed by atoms with van der Waals surface area (Å²) in [6.07, 6.45) is 7.22. The maximum atomic E-state index is 3.80. The van der Waals surface area contributed by atoms with Crippen LogP contribution in [-0.2, 0) is 0 Å². The van der Waals surface area contributed by atoms with Crippen LogP contribution in [0.5, 0.6) is 0 Å². The quantitative estimate of drug-likeness (QED) is 0.819. The highest BCUT2D eigenvalue weighted by Crippen LogP contribution is 2.28. The van der Waals surface area contributed by atoms with E-state index in [1.165, 1.54) is 51.7 Å². The van der Waals surface area contributed by atoms with Crippen LogP contribution in [-0.4, -0.2) is 36.6 Å². The molecule has 2 aliphatic rings. The summed E-state index contributed by atoms with van der Waals surface area (Å²) in [5.41, 5.74) is 0. The van der Waals surface area contributed by atoms with E-state index in [0.29, 0.717) is 0 Å². The van der Waals surface area contributed by atoms with E-state index < -0.39 is 0 Å². The first-order valence-electron chi connectivity index (χ1n) is 8.53. The van der Waals surface area contributed by atoms with Crippen LogP contribution in [0.4, 0.5) is 0 Å². The molecule has 0 aromatic rings. The van der Waals surface area contributed by atoms with Gasteiger partial charge in [-0.05, 0) is 37.0 Å². The molecule has 112 valence electrons. The zero-order valence-electron chi connectivity index (χ0n) is 13.5. The molecule has 1 heterocycles. The summed E-state index contributed by atoms with van der Waals surface area (Å²) in [5, 5.41) is 3.80. The van der Waals surface area contributed by atoms with Crippen LogP contribution in [0.2, 0.25) is 0 Å². The molecule has 2 rings (SSSR count). The van der Waals surface area contributed by atoms with Crippen molar-refractivity contribution in [1.82, 2.24) is 10.2 Å². The molecule has 2 fully saturated rings. The smallest absolute Gasteiger partial charge is 0.0244 e. The predicted molar refractivity (Wildman–Crippen MR) is 83.4 cm³/mol. The number of rotatable bonds is 5. The van der Waals surface area contributed by atoms with E-state index in [9.17, 15) is 0 Å². The van der Waals surface area contributed by atoms with Crippen molar-refractivity contribution in [3.63, 3.8) is 0 Å². The second-order valence-corrected chi connectivity index (χ2v) is 7.65. The molecule has 2 unspecified atom stereocenters. The number of hydrogen-bond acceptors (Lipinski definition) is 2. The molecular weight excluding hydrogens is 232 g/mol. The third kappa shape index (κ3) is 4.46. The summed E-state index contributed by atoms with van der Waals surface area (Å²) < 4.78 is 0. The molecular formula is C17H34N2. The molecule has 2 heteroatoms. The van der Waals surface area contributed by atoms with Gasteiger partial charge >= 0.3 is 0 Å². The fourth-order valence-electron chi connectivity index (χ4n) is 4.02. The zero-order valence-corrected chi connectivity index (χ0v) is 13.5. The Bertz CT molecular complexity index is 256.